The molecule has 2 aromatic carbocycles. The molecule has 33 heavy (non-hydrogen) atoms. The van der Waals surface area contributed by atoms with Crippen molar-refractivity contribution >= 4 is 23.2 Å². The summed E-state index contributed by atoms with van der Waals surface area (Å²) in [5, 5.41) is 3.17. The van der Waals surface area contributed by atoms with Gasteiger partial charge in [-0.1, -0.05) is 0 Å². The summed E-state index contributed by atoms with van der Waals surface area (Å²) < 4.78 is 19.7. The molecule has 1 N–H and O–H groups in total. The van der Waals surface area contributed by atoms with Gasteiger partial charge in [-0.15, -0.1) is 0 Å². The van der Waals surface area contributed by atoms with Crippen molar-refractivity contribution < 1.29 is 18.7 Å². The monoisotopic (exact) mass is 454 g/mol. The molecule has 2 saturated heterocycles. The number of hydrogen-bond donors (Lipinski definition) is 1. The summed E-state index contributed by atoms with van der Waals surface area (Å²) in [5.41, 5.74) is 2.01. The number of Topliss-reactive ketones (excluding diaryl/α,β-unsaturated/α-hetero) is 1. The molecule has 7 nitrogen and oxygen atoms in total. The van der Waals surface area contributed by atoms with Crippen LogP contribution in [0.2, 0.25) is 0 Å². The van der Waals surface area contributed by atoms with Crippen LogP contribution < -0.4 is 19.9 Å². The maximum absolute atomic E-state index is 14.5. The molecule has 4 rings (SSSR count). The van der Waals surface area contributed by atoms with Gasteiger partial charge in [0.15, 0.2) is 5.78 Å². The molecule has 2 aliphatic heterocycles. The number of hydrogen-bond acceptors (Lipinski definition) is 5. The lowest BCUT2D eigenvalue weighted by Gasteiger charge is -2.38. The smallest absolute Gasteiger partial charge is 0.317 e. The van der Waals surface area contributed by atoms with Crippen LogP contribution in [0.15, 0.2) is 42.5 Å². The van der Waals surface area contributed by atoms with Gasteiger partial charge in [-0.25, -0.2) is 9.18 Å². The molecule has 0 spiro atoms. The summed E-state index contributed by atoms with van der Waals surface area (Å²) in [6, 6.07) is 12.7. The molecule has 2 fully saturated rings. The average molecular weight is 455 g/mol. The lowest BCUT2D eigenvalue weighted by atomic mass is 10.0. The minimum Gasteiger partial charge on any atom is -0.497 e. The van der Waals surface area contributed by atoms with Gasteiger partial charge in [-0.3, -0.25) is 4.79 Å². The Bertz CT molecular complexity index is 982. The summed E-state index contributed by atoms with van der Waals surface area (Å²) in [6.07, 6.45) is 1.79. The van der Waals surface area contributed by atoms with Gasteiger partial charge in [-0.2, -0.15) is 0 Å². The summed E-state index contributed by atoms with van der Waals surface area (Å²) in [6.45, 7) is 5.38. The Morgan fingerprint density at radius 2 is 1.61 bits per heavy atom. The molecule has 0 aliphatic carbocycles. The zero-order valence-corrected chi connectivity index (χ0v) is 19.2. The van der Waals surface area contributed by atoms with E-state index in [4.69, 9.17) is 4.74 Å². The quantitative estimate of drug-likeness (QED) is 0.701. The lowest BCUT2D eigenvalue weighted by molar-refractivity contribution is 0.101. The van der Waals surface area contributed by atoms with E-state index in [0.717, 1.165) is 31.7 Å². The number of benzene rings is 2. The first-order chi connectivity index (χ1) is 15.9. The molecule has 2 heterocycles. The van der Waals surface area contributed by atoms with Crippen molar-refractivity contribution in [3.63, 3.8) is 0 Å². The number of ketones is 1. The van der Waals surface area contributed by atoms with E-state index >= 15 is 0 Å². The number of methoxy groups -OCH3 is 1. The van der Waals surface area contributed by atoms with E-state index in [1.54, 1.807) is 24.1 Å². The van der Waals surface area contributed by atoms with E-state index in [0.29, 0.717) is 37.4 Å². The largest absolute Gasteiger partial charge is 0.497 e. The standard InChI is InChI=1S/C25H31FN4O3/c1-18(31)19-3-8-24(23(26)17-19)29-13-15-30(16-14-29)25(32)27-20-9-11-28(12-10-20)21-4-6-22(33-2)7-5-21/h3-8,17,20H,9-16H2,1-2H3,(H,27,32). The van der Waals surface area contributed by atoms with Gasteiger partial charge < -0.3 is 24.8 Å². The van der Waals surface area contributed by atoms with Crippen LogP contribution in [0, 0.1) is 5.82 Å². The van der Waals surface area contributed by atoms with Crippen LogP contribution in [0.3, 0.4) is 0 Å². The van der Waals surface area contributed by atoms with E-state index < -0.39 is 5.82 Å². The minimum absolute atomic E-state index is 0.0510. The highest BCUT2D eigenvalue weighted by molar-refractivity contribution is 5.94. The number of nitrogens with zero attached hydrogens (tertiary/aromatic N) is 3. The third-order valence-electron chi connectivity index (χ3n) is 6.52. The average Bonchev–Trinajstić information content (AvgIpc) is 2.84. The molecule has 8 heteroatoms. The first-order valence-corrected chi connectivity index (χ1v) is 11.4. The fraction of sp³-hybridized carbons (Fsp3) is 0.440. The molecule has 0 atom stereocenters. The number of amides is 2. The Hall–Kier alpha value is -3.29. The molecule has 0 saturated carbocycles. The molecule has 2 aliphatic rings. The number of halogens is 1. The molecule has 176 valence electrons. The van der Waals surface area contributed by atoms with Crippen LogP contribution >= 0.6 is 0 Å². The second kappa shape index (κ2) is 10.1. The molecule has 0 unspecified atom stereocenters. The molecule has 0 radical (unpaired) electrons. The van der Waals surface area contributed by atoms with Crippen molar-refractivity contribution in [3.8, 4) is 5.75 Å². The molecular weight excluding hydrogens is 423 g/mol. The molecule has 0 aromatic heterocycles. The van der Waals surface area contributed by atoms with Gasteiger partial charge in [0.2, 0.25) is 0 Å². The van der Waals surface area contributed by atoms with Crippen LogP contribution in [0.4, 0.5) is 20.6 Å². The van der Waals surface area contributed by atoms with Crippen LogP contribution in [0.25, 0.3) is 0 Å². The predicted octanol–water partition coefficient (Wildman–Crippen LogP) is 3.54. The number of anilines is 2. The number of carbonyl (C=O) groups is 2. The predicted molar refractivity (Wildman–Crippen MR) is 127 cm³/mol. The highest BCUT2D eigenvalue weighted by Gasteiger charge is 2.26. The molecule has 0 bridgehead atoms. The lowest BCUT2D eigenvalue weighted by Crippen LogP contribution is -2.55. The fourth-order valence-corrected chi connectivity index (χ4v) is 4.47. The third kappa shape index (κ3) is 5.38. The van der Waals surface area contributed by atoms with Crippen LogP contribution in [-0.2, 0) is 0 Å². The van der Waals surface area contributed by atoms with E-state index in [1.807, 2.05) is 17.0 Å². The Kier molecular flexibility index (Phi) is 7.01. The Morgan fingerprint density at radius 1 is 0.939 bits per heavy atom. The van der Waals surface area contributed by atoms with Gasteiger partial charge in [0, 0.05) is 56.6 Å². The SMILES string of the molecule is COc1ccc(N2CCC(NC(=O)N3CCN(c4ccc(C(C)=O)cc4F)CC3)CC2)cc1. The number of ether oxygens (including phenoxy) is 1. The second-order valence-electron chi connectivity index (χ2n) is 8.61. The van der Waals surface area contributed by atoms with Crippen molar-refractivity contribution in [1.82, 2.24) is 10.2 Å². The number of carbonyl (C=O) groups excluding carboxylic acids is 2. The van der Waals surface area contributed by atoms with Crippen LogP contribution in [0.1, 0.15) is 30.1 Å². The van der Waals surface area contributed by atoms with Crippen LogP contribution in [0.5, 0.6) is 5.75 Å². The first-order valence-electron chi connectivity index (χ1n) is 11.4. The third-order valence-corrected chi connectivity index (χ3v) is 6.52. The minimum atomic E-state index is -0.399. The topological polar surface area (TPSA) is 65.1 Å². The number of piperazine rings is 1. The summed E-state index contributed by atoms with van der Waals surface area (Å²) in [4.78, 5) is 30.3. The van der Waals surface area contributed by atoms with Crippen molar-refractivity contribution in [1.29, 1.82) is 0 Å². The first kappa shape index (κ1) is 22.9. The Morgan fingerprint density at radius 3 is 2.18 bits per heavy atom. The molecule has 2 aromatic rings. The van der Waals surface area contributed by atoms with Gasteiger partial charge in [0.1, 0.15) is 11.6 Å². The van der Waals surface area contributed by atoms with E-state index in [2.05, 4.69) is 22.3 Å². The second-order valence-corrected chi connectivity index (χ2v) is 8.61. The van der Waals surface area contributed by atoms with Gasteiger partial charge in [-0.05, 0) is 62.2 Å². The maximum atomic E-state index is 14.5. The zero-order chi connectivity index (χ0) is 23.4. The summed E-state index contributed by atoms with van der Waals surface area (Å²) in [7, 11) is 1.66. The van der Waals surface area contributed by atoms with E-state index in [9.17, 15) is 14.0 Å². The summed E-state index contributed by atoms with van der Waals surface area (Å²) >= 11 is 0. The summed E-state index contributed by atoms with van der Waals surface area (Å²) in [5.74, 6) is 0.290. The maximum Gasteiger partial charge on any atom is 0.317 e. The van der Waals surface area contributed by atoms with Crippen molar-refractivity contribution in [2.24, 2.45) is 0 Å². The molecular formula is C25H31FN4O3. The Balaban J connectivity index is 1.24. The number of piperidine rings is 1. The van der Waals surface area contributed by atoms with E-state index in [1.165, 1.54) is 18.7 Å². The normalized spacial score (nSPS) is 17.1. The van der Waals surface area contributed by atoms with Crippen LogP contribution in [-0.4, -0.2) is 69.1 Å². The zero-order valence-electron chi connectivity index (χ0n) is 19.2. The number of nitrogens with one attached hydrogen (secondary N) is 1. The van der Waals surface area contributed by atoms with Gasteiger partial charge in [0.05, 0.1) is 12.8 Å². The fourth-order valence-electron chi connectivity index (χ4n) is 4.47. The van der Waals surface area contributed by atoms with Gasteiger partial charge >= 0.3 is 6.03 Å². The van der Waals surface area contributed by atoms with Crippen molar-refractivity contribution in [2.75, 3.05) is 56.2 Å². The van der Waals surface area contributed by atoms with E-state index in [-0.39, 0.29) is 17.9 Å². The highest BCUT2D eigenvalue weighted by atomic mass is 19.1. The van der Waals surface area contributed by atoms with Crippen molar-refractivity contribution in [2.45, 2.75) is 25.8 Å². The Labute approximate surface area is 194 Å². The highest BCUT2D eigenvalue weighted by Crippen LogP contribution is 2.24. The number of rotatable bonds is 5. The van der Waals surface area contributed by atoms with Crippen molar-refractivity contribution in [3.05, 3.63) is 53.8 Å². The number of urea groups is 1. The van der Waals surface area contributed by atoms with Gasteiger partial charge in [0.25, 0.3) is 0 Å². The molecule has 2 amide bonds.